The van der Waals surface area contributed by atoms with Crippen LogP contribution in [0.2, 0.25) is 0 Å². The molecule has 1 aliphatic heterocycles. The van der Waals surface area contributed by atoms with E-state index in [1.54, 1.807) is 0 Å². The van der Waals surface area contributed by atoms with Crippen LogP contribution in [0.1, 0.15) is 23.6 Å². The molecule has 0 unspecified atom stereocenters. The second-order valence-corrected chi connectivity index (χ2v) is 5.27. The summed E-state index contributed by atoms with van der Waals surface area (Å²) in [5.74, 6) is 0.824. The first-order valence-electron chi connectivity index (χ1n) is 7.21. The summed E-state index contributed by atoms with van der Waals surface area (Å²) in [6.45, 7) is 0. The Labute approximate surface area is 128 Å². The number of rotatable bonds is 2. The predicted octanol–water partition coefficient (Wildman–Crippen LogP) is 2.97. The third-order valence-corrected chi connectivity index (χ3v) is 3.84. The molecule has 0 spiro atoms. The zero-order valence-electron chi connectivity index (χ0n) is 11.9. The molecule has 0 radical (unpaired) electrons. The van der Waals surface area contributed by atoms with Gasteiger partial charge in [0, 0.05) is 6.42 Å². The number of benzene rings is 2. The normalized spacial score (nSPS) is 16.9. The third kappa shape index (κ3) is 2.16. The molecule has 4 rings (SSSR count). The van der Waals surface area contributed by atoms with Gasteiger partial charge in [-0.3, -0.25) is 0 Å². The van der Waals surface area contributed by atoms with Crippen LogP contribution in [-0.2, 0) is 0 Å². The Morgan fingerprint density at radius 2 is 1.64 bits per heavy atom. The summed E-state index contributed by atoms with van der Waals surface area (Å²) in [5, 5.41) is 4.31. The Hall–Kier alpha value is -2.95. The lowest BCUT2D eigenvalue weighted by molar-refractivity contribution is 0.532. The van der Waals surface area contributed by atoms with Crippen molar-refractivity contribution in [3.05, 3.63) is 71.8 Å². The van der Waals surface area contributed by atoms with Gasteiger partial charge in [-0.05, 0) is 11.1 Å². The maximum absolute atomic E-state index is 5.77. The van der Waals surface area contributed by atoms with Gasteiger partial charge in [0.25, 0.3) is 5.95 Å². The van der Waals surface area contributed by atoms with Gasteiger partial charge in [-0.1, -0.05) is 60.7 Å². The van der Waals surface area contributed by atoms with Crippen molar-refractivity contribution in [3.8, 4) is 0 Å². The zero-order chi connectivity index (χ0) is 14.9. The molecule has 1 aromatic heterocycles. The van der Waals surface area contributed by atoms with Crippen LogP contribution in [0.25, 0.3) is 0 Å². The molecule has 0 fully saturated rings. The van der Waals surface area contributed by atoms with Crippen molar-refractivity contribution in [1.29, 1.82) is 0 Å². The maximum atomic E-state index is 5.77. The van der Waals surface area contributed by atoms with Gasteiger partial charge >= 0.3 is 0 Å². The number of hydrogen-bond acceptors (Lipinski definition) is 4. The number of aromatic nitrogens is 3. The van der Waals surface area contributed by atoms with Gasteiger partial charge in [0.1, 0.15) is 0 Å². The Balaban J connectivity index is 1.83. The van der Waals surface area contributed by atoms with Gasteiger partial charge in [-0.2, -0.15) is 4.98 Å². The summed E-state index contributed by atoms with van der Waals surface area (Å²) in [6, 6.07) is 20.5. The fourth-order valence-electron chi connectivity index (χ4n) is 2.80. The molecule has 1 aliphatic rings. The fraction of sp³-hybridized carbons (Fsp3) is 0.118. The average Bonchev–Trinajstić information content (AvgIpc) is 2.95. The number of nitrogens with two attached hydrogens (primary N) is 1. The SMILES string of the molecule is Nc1nc2n(n1)[C@H](c1ccccc1)CC(c1ccccc1)=N2. The maximum Gasteiger partial charge on any atom is 0.250 e. The number of fused-ring (bicyclic) bond motifs is 1. The highest BCUT2D eigenvalue weighted by molar-refractivity contribution is 6.02. The van der Waals surface area contributed by atoms with E-state index in [-0.39, 0.29) is 12.0 Å². The van der Waals surface area contributed by atoms with Crippen LogP contribution in [0.5, 0.6) is 0 Å². The molecule has 1 atom stereocenters. The molecule has 3 aromatic rings. The Morgan fingerprint density at radius 1 is 0.955 bits per heavy atom. The molecule has 0 bridgehead atoms. The molecule has 2 heterocycles. The van der Waals surface area contributed by atoms with E-state index in [4.69, 9.17) is 5.73 Å². The van der Waals surface area contributed by atoms with Crippen LogP contribution in [0.15, 0.2) is 65.7 Å². The van der Waals surface area contributed by atoms with E-state index in [9.17, 15) is 0 Å². The summed E-state index contributed by atoms with van der Waals surface area (Å²) >= 11 is 0. The van der Waals surface area contributed by atoms with Gasteiger partial charge in [0.2, 0.25) is 5.95 Å². The largest absolute Gasteiger partial charge is 0.366 e. The highest BCUT2D eigenvalue weighted by atomic mass is 15.4. The van der Waals surface area contributed by atoms with Gasteiger partial charge in [0.05, 0.1) is 11.8 Å². The lowest BCUT2D eigenvalue weighted by Crippen LogP contribution is -2.21. The van der Waals surface area contributed by atoms with Crippen molar-refractivity contribution in [3.63, 3.8) is 0 Å². The molecule has 0 saturated carbocycles. The van der Waals surface area contributed by atoms with Crippen LogP contribution < -0.4 is 5.73 Å². The molecular weight excluding hydrogens is 274 g/mol. The molecule has 5 nitrogen and oxygen atoms in total. The molecule has 108 valence electrons. The van der Waals surface area contributed by atoms with Gasteiger partial charge in [0.15, 0.2) is 0 Å². The second kappa shape index (κ2) is 5.11. The predicted molar refractivity (Wildman–Crippen MR) is 86.3 cm³/mol. The summed E-state index contributed by atoms with van der Waals surface area (Å²) in [4.78, 5) is 8.88. The van der Waals surface area contributed by atoms with Crippen LogP contribution in [0, 0.1) is 0 Å². The number of nitrogens with zero attached hydrogens (tertiary/aromatic N) is 4. The Morgan fingerprint density at radius 3 is 2.36 bits per heavy atom. The highest BCUT2D eigenvalue weighted by Gasteiger charge is 2.26. The van der Waals surface area contributed by atoms with E-state index in [1.165, 1.54) is 5.56 Å². The number of anilines is 1. The number of aliphatic imine (C=N–C) groups is 1. The van der Waals surface area contributed by atoms with E-state index in [1.807, 2.05) is 41.1 Å². The van der Waals surface area contributed by atoms with Crippen molar-refractivity contribution >= 4 is 17.6 Å². The van der Waals surface area contributed by atoms with E-state index < -0.39 is 0 Å². The summed E-state index contributed by atoms with van der Waals surface area (Å²) in [6.07, 6.45) is 0.768. The minimum absolute atomic E-state index is 0.0636. The second-order valence-electron chi connectivity index (χ2n) is 5.27. The first kappa shape index (κ1) is 12.8. The minimum Gasteiger partial charge on any atom is -0.366 e. The van der Waals surface area contributed by atoms with Crippen LogP contribution in [0.4, 0.5) is 11.9 Å². The monoisotopic (exact) mass is 289 g/mol. The Kier molecular flexibility index (Phi) is 2.96. The van der Waals surface area contributed by atoms with Gasteiger partial charge in [-0.15, -0.1) is 5.10 Å². The molecule has 2 N–H and O–H groups in total. The molecule has 0 saturated heterocycles. The molecule has 0 amide bonds. The molecular formula is C17H15N5. The van der Waals surface area contributed by atoms with Gasteiger partial charge < -0.3 is 5.73 Å². The fourth-order valence-corrected chi connectivity index (χ4v) is 2.80. The van der Waals surface area contributed by atoms with Crippen molar-refractivity contribution in [2.45, 2.75) is 12.5 Å². The van der Waals surface area contributed by atoms with Crippen LogP contribution in [-0.4, -0.2) is 20.5 Å². The van der Waals surface area contributed by atoms with Crippen LogP contribution in [0.3, 0.4) is 0 Å². The molecule has 2 aromatic carbocycles. The van der Waals surface area contributed by atoms with E-state index in [0.29, 0.717) is 5.95 Å². The highest BCUT2D eigenvalue weighted by Crippen LogP contribution is 2.32. The average molecular weight is 289 g/mol. The van der Waals surface area contributed by atoms with Crippen LogP contribution >= 0.6 is 0 Å². The minimum atomic E-state index is 0.0636. The first-order valence-corrected chi connectivity index (χ1v) is 7.21. The van der Waals surface area contributed by atoms with Crippen molar-refractivity contribution in [2.75, 3.05) is 5.73 Å². The van der Waals surface area contributed by atoms with Crippen molar-refractivity contribution in [2.24, 2.45) is 4.99 Å². The standard InChI is InChI=1S/C17H15N5/c18-16-20-17-19-14(12-7-3-1-4-8-12)11-15(22(17)21-16)13-9-5-2-6-10-13/h1-10,15H,11H2,(H2,18,21)/t15-/m0/s1. The smallest absolute Gasteiger partial charge is 0.250 e. The lowest BCUT2D eigenvalue weighted by atomic mass is 9.96. The topological polar surface area (TPSA) is 69.1 Å². The zero-order valence-corrected chi connectivity index (χ0v) is 11.9. The quantitative estimate of drug-likeness (QED) is 0.788. The van der Waals surface area contributed by atoms with Crippen molar-refractivity contribution in [1.82, 2.24) is 14.8 Å². The van der Waals surface area contributed by atoms with Crippen molar-refractivity contribution < 1.29 is 0 Å². The summed E-state index contributed by atoms with van der Waals surface area (Å²) in [7, 11) is 0. The molecule has 22 heavy (non-hydrogen) atoms. The molecule has 0 aliphatic carbocycles. The summed E-state index contributed by atoms with van der Waals surface area (Å²) < 4.78 is 1.82. The Bertz CT molecular complexity index is 821. The number of nitrogen functional groups attached to an aromatic ring is 1. The summed E-state index contributed by atoms with van der Waals surface area (Å²) in [5.41, 5.74) is 9.06. The molecule has 5 heteroatoms. The van der Waals surface area contributed by atoms with E-state index in [0.717, 1.165) is 17.7 Å². The van der Waals surface area contributed by atoms with Gasteiger partial charge in [-0.25, -0.2) is 9.67 Å². The number of hydrogen-bond donors (Lipinski definition) is 1. The third-order valence-electron chi connectivity index (χ3n) is 3.84. The first-order chi connectivity index (χ1) is 10.8. The van der Waals surface area contributed by atoms with E-state index in [2.05, 4.69) is 39.3 Å². The van der Waals surface area contributed by atoms with E-state index >= 15 is 0 Å². The lowest BCUT2D eigenvalue weighted by Gasteiger charge is -2.23.